The molecule has 0 aliphatic carbocycles. The van der Waals surface area contributed by atoms with Crippen LogP contribution in [0.5, 0.6) is 0 Å². The molecule has 0 spiro atoms. The second-order valence-corrected chi connectivity index (χ2v) is 6.38. The molecule has 0 saturated carbocycles. The summed E-state index contributed by atoms with van der Waals surface area (Å²) >= 11 is 5.98. The molecule has 23 heavy (non-hydrogen) atoms. The molecule has 3 aromatic rings. The molecule has 1 aromatic carbocycles. The van der Waals surface area contributed by atoms with Crippen LogP contribution < -0.4 is 4.90 Å². The fourth-order valence-corrected chi connectivity index (χ4v) is 3.45. The number of aryl methyl sites for hydroxylation is 1. The second kappa shape index (κ2) is 5.81. The minimum atomic E-state index is 0.319. The Morgan fingerprint density at radius 1 is 1.13 bits per heavy atom. The molecular weight excluding hydrogens is 310 g/mol. The number of imidazole rings is 1. The number of hydrogen-bond donors (Lipinski definition) is 1. The zero-order chi connectivity index (χ0) is 15.8. The summed E-state index contributed by atoms with van der Waals surface area (Å²) in [6, 6.07) is 10.2. The molecule has 2 aromatic heterocycles. The predicted molar refractivity (Wildman–Crippen MR) is 92.1 cm³/mol. The zero-order valence-corrected chi connectivity index (χ0v) is 13.7. The summed E-state index contributed by atoms with van der Waals surface area (Å²) in [5.74, 6) is 2.49. The molecule has 5 nitrogen and oxygen atoms in total. The van der Waals surface area contributed by atoms with Gasteiger partial charge >= 0.3 is 0 Å². The lowest BCUT2D eigenvalue weighted by molar-refractivity contribution is 0.487. The molecule has 0 unspecified atom stereocenters. The van der Waals surface area contributed by atoms with Crippen molar-refractivity contribution in [3.63, 3.8) is 0 Å². The summed E-state index contributed by atoms with van der Waals surface area (Å²) in [6.07, 6.45) is 2.11. The van der Waals surface area contributed by atoms with Gasteiger partial charge in [-0.2, -0.15) is 0 Å². The molecule has 0 amide bonds. The van der Waals surface area contributed by atoms with Gasteiger partial charge in [-0.25, -0.2) is 15.0 Å². The van der Waals surface area contributed by atoms with Crippen LogP contribution in [0, 0.1) is 6.92 Å². The molecule has 1 aliphatic rings. The maximum Gasteiger partial charge on any atom is 0.224 e. The van der Waals surface area contributed by atoms with Gasteiger partial charge in [-0.15, -0.1) is 0 Å². The first kappa shape index (κ1) is 14.5. The van der Waals surface area contributed by atoms with Crippen molar-refractivity contribution in [3.05, 3.63) is 47.1 Å². The van der Waals surface area contributed by atoms with E-state index in [1.807, 2.05) is 25.1 Å². The number of fused-ring (bicyclic) bond motifs is 1. The third kappa shape index (κ3) is 2.88. The summed E-state index contributed by atoms with van der Waals surface area (Å²) in [4.78, 5) is 19.0. The SMILES string of the molecule is Cc1cc(N2CCC(c3nc4ccccc4[nH]3)CC2)nc(Cl)n1. The van der Waals surface area contributed by atoms with Gasteiger partial charge in [0.1, 0.15) is 11.6 Å². The molecule has 3 heterocycles. The predicted octanol–water partition coefficient (Wildman–Crippen LogP) is 3.70. The lowest BCUT2D eigenvalue weighted by atomic mass is 9.96. The molecule has 1 aliphatic heterocycles. The first-order chi connectivity index (χ1) is 11.2. The van der Waals surface area contributed by atoms with Crippen LogP contribution in [0.2, 0.25) is 5.28 Å². The van der Waals surface area contributed by atoms with Crippen LogP contribution in [0.4, 0.5) is 5.82 Å². The number of anilines is 1. The molecule has 1 saturated heterocycles. The summed E-state index contributed by atoms with van der Waals surface area (Å²) in [5.41, 5.74) is 3.06. The molecule has 1 N–H and O–H groups in total. The number of aromatic amines is 1. The van der Waals surface area contributed by atoms with Crippen molar-refractivity contribution >= 4 is 28.5 Å². The highest BCUT2D eigenvalue weighted by atomic mass is 35.5. The van der Waals surface area contributed by atoms with Crippen molar-refractivity contribution in [1.29, 1.82) is 0 Å². The molecule has 0 atom stereocenters. The summed E-state index contributed by atoms with van der Waals surface area (Å²) in [7, 11) is 0. The number of hydrogen-bond acceptors (Lipinski definition) is 4. The van der Waals surface area contributed by atoms with Crippen LogP contribution in [0.1, 0.15) is 30.3 Å². The van der Waals surface area contributed by atoms with Crippen molar-refractivity contribution < 1.29 is 0 Å². The maximum atomic E-state index is 5.98. The Morgan fingerprint density at radius 2 is 1.91 bits per heavy atom. The Bertz CT molecular complexity index is 783. The van der Waals surface area contributed by atoms with E-state index in [-0.39, 0.29) is 0 Å². The molecule has 118 valence electrons. The van der Waals surface area contributed by atoms with Crippen LogP contribution >= 0.6 is 11.6 Å². The average molecular weight is 328 g/mol. The third-order valence-electron chi connectivity index (χ3n) is 4.43. The van der Waals surface area contributed by atoms with Crippen molar-refractivity contribution in [2.75, 3.05) is 18.0 Å². The van der Waals surface area contributed by atoms with E-state index in [0.29, 0.717) is 11.2 Å². The highest BCUT2D eigenvalue weighted by Crippen LogP contribution is 2.29. The number of piperidine rings is 1. The van der Waals surface area contributed by atoms with Gasteiger partial charge in [0.15, 0.2) is 0 Å². The maximum absolute atomic E-state index is 5.98. The van der Waals surface area contributed by atoms with Gasteiger partial charge < -0.3 is 9.88 Å². The standard InChI is InChI=1S/C17H18ClN5/c1-11-10-15(22-17(18)19-11)23-8-6-12(7-9-23)16-20-13-4-2-3-5-14(13)21-16/h2-5,10,12H,6-9H2,1H3,(H,20,21). The van der Waals surface area contributed by atoms with Crippen LogP contribution in [0.15, 0.2) is 30.3 Å². The number of aromatic nitrogens is 4. The number of benzene rings is 1. The van der Waals surface area contributed by atoms with Crippen molar-refractivity contribution in [1.82, 2.24) is 19.9 Å². The largest absolute Gasteiger partial charge is 0.356 e. The number of nitrogens with one attached hydrogen (secondary N) is 1. The Balaban J connectivity index is 1.50. The van der Waals surface area contributed by atoms with Crippen molar-refractivity contribution in [2.24, 2.45) is 0 Å². The van der Waals surface area contributed by atoms with E-state index < -0.39 is 0 Å². The number of rotatable bonds is 2. The molecular formula is C17H18ClN5. The topological polar surface area (TPSA) is 57.7 Å². The highest BCUT2D eigenvalue weighted by molar-refractivity contribution is 6.28. The monoisotopic (exact) mass is 327 g/mol. The average Bonchev–Trinajstić information content (AvgIpc) is 2.98. The van der Waals surface area contributed by atoms with Gasteiger partial charge in [0.05, 0.1) is 11.0 Å². The van der Waals surface area contributed by atoms with E-state index in [1.54, 1.807) is 0 Å². The fraction of sp³-hybridized carbons (Fsp3) is 0.353. The summed E-state index contributed by atoms with van der Waals surface area (Å²) < 4.78 is 0. The minimum absolute atomic E-state index is 0.319. The first-order valence-corrected chi connectivity index (χ1v) is 8.27. The molecule has 6 heteroatoms. The van der Waals surface area contributed by atoms with Gasteiger partial charge in [-0.3, -0.25) is 0 Å². The van der Waals surface area contributed by atoms with E-state index >= 15 is 0 Å². The molecule has 1 fully saturated rings. The zero-order valence-electron chi connectivity index (χ0n) is 13.0. The number of H-pyrrole nitrogens is 1. The Kier molecular flexibility index (Phi) is 3.65. The highest BCUT2D eigenvalue weighted by Gasteiger charge is 2.24. The Labute approximate surface area is 139 Å². The number of nitrogens with zero attached hydrogens (tertiary/aromatic N) is 4. The Hall–Kier alpha value is -2.14. The smallest absolute Gasteiger partial charge is 0.224 e. The van der Waals surface area contributed by atoms with E-state index in [4.69, 9.17) is 16.6 Å². The van der Waals surface area contributed by atoms with Crippen LogP contribution in [-0.4, -0.2) is 33.0 Å². The molecule has 4 rings (SSSR count). The normalized spacial score (nSPS) is 16.2. The lowest BCUT2D eigenvalue weighted by Crippen LogP contribution is -2.33. The van der Waals surface area contributed by atoms with Crippen LogP contribution in [0.3, 0.4) is 0 Å². The summed E-state index contributed by atoms with van der Waals surface area (Å²) in [6.45, 7) is 3.85. The van der Waals surface area contributed by atoms with E-state index in [2.05, 4.69) is 32.0 Å². The van der Waals surface area contributed by atoms with Gasteiger partial charge in [0, 0.05) is 30.8 Å². The quantitative estimate of drug-likeness (QED) is 0.729. The van der Waals surface area contributed by atoms with E-state index in [9.17, 15) is 0 Å². The minimum Gasteiger partial charge on any atom is -0.356 e. The van der Waals surface area contributed by atoms with Gasteiger partial charge in [0.25, 0.3) is 0 Å². The Morgan fingerprint density at radius 3 is 2.65 bits per heavy atom. The van der Waals surface area contributed by atoms with Crippen LogP contribution in [0.25, 0.3) is 11.0 Å². The lowest BCUT2D eigenvalue weighted by Gasteiger charge is -2.32. The van der Waals surface area contributed by atoms with Gasteiger partial charge in [-0.05, 0) is 43.5 Å². The van der Waals surface area contributed by atoms with Gasteiger partial charge in [-0.1, -0.05) is 12.1 Å². The van der Waals surface area contributed by atoms with Crippen molar-refractivity contribution in [3.8, 4) is 0 Å². The molecule has 0 bridgehead atoms. The number of para-hydroxylation sites is 2. The number of halogens is 1. The van der Waals surface area contributed by atoms with Crippen LogP contribution in [-0.2, 0) is 0 Å². The molecule has 0 radical (unpaired) electrons. The van der Waals surface area contributed by atoms with Gasteiger partial charge in [0.2, 0.25) is 5.28 Å². The second-order valence-electron chi connectivity index (χ2n) is 6.04. The summed E-state index contributed by atoms with van der Waals surface area (Å²) in [5, 5.41) is 0.319. The van der Waals surface area contributed by atoms with E-state index in [1.165, 1.54) is 0 Å². The first-order valence-electron chi connectivity index (χ1n) is 7.90. The fourth-order valence-electron chi connectivity index (χ4n) is 3.23. The van der Waals surface area contributed by atoms with E-state index in [0.717, 1.165) is 54.3 Å². The van der Waals surface area contributed by atoms with Crippen molar-refractivity contribution in [2.45, 2.75) is 25.7 Å². The third-order valence-corrected chi connectivity index (χ3v) is 4.60.